The molecule has 3 N–H and O–H groups in total. The average molecular weight is 356 g/mol. The van der Waals surface area contributed by atoms with Crippen molar-refractivity contribution in [2.24, 2.45) is 10.9 Å². The fourth-order valence-electron chi connectivity index (χ4n) is 1.65. The van der Waals surface area contributed by atoms with Gasteiger partial charge in [-0.25, -0.2) is 0 Å². The fourth-order valence-corrected chi connectivity index (χ4v) is 2.16. The molecule has 2 rings (SSSR count). The number of hydrogen-bond acceptors (Lipinski definition) is 3. The smallest absolute Gasteiger partial charge is 0.173 e. The Morgan fingerprint density at radius 2 is 2.00 bits per heavy atom. The minimum Gasteiger partial charge on any atom is -0.456 e. The molecule has 0 heterocycles. The van der Waals surface area contributed by atoms with E-state index in [9.17, 15) is 0 Å². The van der Waals surface area contributed by atoms with Crippen molar-refractivity contribution in [2.45, 2.75) is 6.92 Å². The van der Waals surface area contributed by atoms with Crippen LogP contribution in [0.15, 0.2) is 46.0 Å². The molecule has 0 fully saturated rings. The van der Waals surface area contributed by atoms with Crippen molar-refractivity contribution in [3.05, 3.63) is 57.0 Å². The van der Waals surface area contributed by atoms with Gasteiger partial charge in [-0.3, -0.25) is 0 Å². The van der Waals surface area contributed by atoms with Gasteiger partial charge in [-0.05, 0) is 42.8 Å². The molecule has 0 amide bonds. The van der Waals surface area contributed by atoms with Crippen LogP contribution < -0.4 is 10.5 Å². The molecule has 20 heavy (non-hydrogen) atoms. The molecule has 0 aromatic heterocycles. The van der Waals surface area contributed by atoms with Crippen molar-refractivity contribution < 1.29 is 9.94 Å². The molecule has 0 spiro atoms. The zero-order valence-corrected chi connectivity index (χ0v) is 12.9. The van der Waals surface area contributed by atoms with Gasteiger partial charge in [0.25, 0.3) is 0 Å². The summed E-state index contributed by atoms with van der Waals surface area (Å²) in [6.07, 6.45) is 0. The third kappa shape index (κ3) is 3.23. The van der Waals surface area contributed by atoms with E-state index < -0.39 is 0 Å². The van der Waals surface area contributed by atoms with Gasteiger partial charge in [0.05, 0.1) is 5.56 Å². The van der Waals surface area contributed by atoms with Crippen LogP contribution in [0.1, 0.15) is 11.1 Å². The summed E-state index contributed by atoms with van der Waals surface area (Å²) in [6.45, 7) is 1.93. The summed E-state index contributed by atoms with van der Waals surface area (Å²) in [5, 5.41) is 12.3. The molecule has 0 aliphatic rings. The van der Waals surface area contributed by atoms with E-state index >= 15 is 0 Å². The molecule has 0 aliphatic carbocycles. The molecular formula is C14H12BrClN2O2. The molecule has 0 atom stereocenters. The number of halogens is 2. The van der Waals surface area contributed by atoms with Crippen LogP contribution in [0, 0.1) is 6.92 Å². The van der Waals surface area contributed by atoms with Crippen molar-refractivity contribution in [2.75, 3.05) is 0 Å². The van der Waals surface area contributed by atoms with E-state index in [1.165, 1.54) is 0 Å². The number of oxime groups is 1. The topological polar surface area (TPSA) is 67.8 Å². The zero-order chi connectivity index (χ0) is 14.7. The number of benzene rings is 2. The van der Waals surface area contributed by atoms with Gasteiger partial charge in [0, 0.05) is 9.50 Å². The zero-order valence-electron chi connectivity index (χ0n) is 10.6. The van der Waals surface area contributed by atoms with E-state index in [0.717, 1.165) is 10.0 Å². The van der Waals surface area contributed by atoms with E-state index in [-0.39, 0.29) is 5.84 Å². The SMILES string of the molecule is Cc1ccc(Br)cc1Oc1ccc(Cl)cc1/C(N)=N/O. The number of ether oxygens (including phenoxy) is 1. The van der Waals surface area contributed by atoms with E-state index in [1.54, 1.807) is 18.2 Å². The summed E-state index contributed by atoms with van der Waals surface area (Å²) in [6, 6.07) is 10.6. The Morgan fingerprint density at radius 3 is 2.70 bits per heavy atom. The molecule has 4 nitrogen and oxygen atoms in total. The van der Waals surface area contributed by atoms with Gasteiger partial charge in [-0.2, -0.15) is 0 Å². The van der Waals surface area contributed by atoms with Crippen LogP contribution in [-0.4, -0.2) is 11.0 Å². The quantitative estimate of drug-likeness (QED) is 0.373. The summed E-state index contributed by atoms with van der Waals surface area (Å²) in [7, 11) is 0. The summed E-state index contributed by atoms with van der Waals surface area (Å²) < 4.78 is 6.74. The molecule has 6 heteroatoms. The van der Waals surface area contributed by atoms with E-state index in [0.29, 0.717) is 22.1 Å². The highest BCUT2D eigenvalue weighted by Gasteiger charge is 2.11. The molecule has 2 aromatic rings. The molecule has 0 aliphatic heterocycles. The first-order valence-corrected chi connectivity index (χ1v) is 6.90. The lowest BCUT2D eigenvalue weighted by Crippen LogP contribution is -2.14. The van der Waals surface area contributed by atoms with Crippen molar-refractivity contribution in [1.29, 1.82) is 0 Å². The number of rotatable bonds is 3. The van der Waals surface area contributed by atoms with Gasteiger partial charge >= 0.3 is 0 Å². The van der Waals surface area contributed by atoms with Gasteiger partial charge < -0.3 is 15.7 Å². The largest absolute Gasteiger partial charge is 0.456 e. The average Bonchev–Trinajstić information content (AvgIpc) is 2.43. The Hall–Kier alpha value is -1.72. The van der Waals surface area contributed by atoms with Crippen LogP contribution in [0.2, 0.25) is 5.02 Å². The summed E-state index contributed by atoms with van der Waals surface area (Å²) in [5.74, 6) is 1.08. The third-order valence-corrected chi connectivity index (χ3v) is 3.42. The van der Waals surface area contributed by atoms with Gasteiger partial charge in [0.15, 0.2) is 5.84 Å². The Labute approximate surface area is 129 Å². The predicted octanol–water partition coefficient (Wildman–Crippen LogP) is 4.30. The minimum atomic E-state index is -0.0600. The summed E-state index contributed by atoms with van der Waals surface area (Å²) in [5.41, 5.74) is 7.03. The first-order valence-electron chi connectivity index (χ1n) is 5.72. The number of aryl methyl sites for hydroxylation is 1. The lowest BCUT2D eigenvalue weighted by molar-refractivity contribution is 0.318. The van der Waals surface area contributed by atoms with Crippen LogP contribution >= 0.6 is 27.5 Å². The normalized spacial score (nSPS) is 11.4. The number of nitrogens with zero attached hydrogens (tertiary/aromatic N) is 1. The maximum atomic E-state index is 8.83. The second-order valence-electron chi connectivity index (χ2n) is 4.14. The van der Waals surface area contributed by atoms with Crippen molar-refractivity contribution >= 4 is 33.4 Å². The lowest BCUT2D eigenvalue weighted by Gasteiger charge is -2.13. The summed E-state index contributed by atoms with van der Waals surface area (Å²) >= 11 is 9.31. The maximum Gasteiger partial charge on any atom is 0.173 e. The minimum absolute atomic E-state index is 0.0600. The van der Waals surface area contributed by atoms with Gasteiger partial charge in [-0.1, -0.05) is 38.8 Å². The Kier molecular flexibility index (Phi) is 4.52. The molecular weight excluding hydrogens is 344 g/mol. The first kappa shape index (κ1) is 14.7. The van der Waals surface area contributed by atoms with Crippen molar-refractivity contribution in [3.63, 3.8) is 0 Å². The van der Waals surface area contributed by atoms with Crippen LogP contribution in [0.25, 0.3) is 0 Å². The van der Waals surface area contributed by atoms with Crippen LogP contribution in [0.4, 0.5) is 0 Å². The number of amidine groups is 1. The Balaban J connectivity index is 2.46. The Bertz CT molecular complexity index is 674. The van der Waals surface area contributed by atoms with Crippen LogP contribution in [0.5, 0.6) is 11.5 Å². The molecule has 2 aromatic carbocycles. The standard InChI is InChI=1S/C14H12BrClN2O2/c1-8-2-3-9(15)6-13(8)20-12-5-4-10(16)7-11(12)14(17)18-19/h2-7,19H,1H3,(H2,17,18). The lowest BCUT2D eigenvalue weighted by atomic mass is 10.1. The van der Waals surface area contributed by atoms with Crippen molar-refractivity contribution in [3.8, 4) is 11.5 Å². The van der Waals surface area contributed by atoms with E-state index in [2.05, 4.69) is 21.1 Å². The Morgan fingerprint density at radius 1 is 1.25 bits per heavy atom. The molecule has 0 bridgehead atoms. The molecule has 104 valence electrons. The second-order valence-corrected chi connectivity index (χ2v) is 5.49. The van der Waals surface area contributed by atoms with E-state index in [1.807, 2.05) is 25.1 Å². The first-order chi connectivity index (χ1) is 9.51. The van der Waals surface area contributed by atoms with Crippen LogP contribution in [0.3, 0.4) is 0 Å². The van der Waals surface area contributed by atoms with Crippen molar-refractivity contribution in [1.82, 2.24) is 0 Å². The maximum absolute atomic E-state index is 8.83. The monoisotopic (exact) mass is 354 g/mol. The molecule has 0 radical (unpaired) electrons. The fraction of sp³-hybridized carbons (Fsp3) is 0.0714. The molecule has 0 saturated carbocycles. The summed E-state index contributed by atoms with van der Waals surface area (Å²) in [4.78, 5) is 0. The highest BCUT2D eigenvalue weighted by atomic mass is 79.9. The highest BCUT2D eigenvalue weighted by molar-refractivity contribution is 9.10. The number of nitrogens with two attached hydrogens (primary N) is 1. The highest BCUT2D eigenvalue weighted by Crippen LogP contribution is 2.31. The van der Waals surface area contributed by atoms with Gasteiger partial charge in [0.2, 0.25) is 0 Å². The van der Waals surface area contributed by atoms with Gasteiger partial charge in [0.1, 0.15) is 11.5 Å². The molecule has 0 saturated heterocycles. The third-order valence-electron chi connectivity index (χ3n) is 2.70. The molecule has 0 unspecified atom stereocenters. The van der Waals surface area contributed by atoms with Gasteiger partial charge in [-0.15, -0.1) is 0 Å². The second kappa shape index (κ2) is 6.15. The predicted molar refractivity (Wildman–Crippen MR) is 82.9 cm³/mol. The van der Waals surface area contributed by atoms with Crippen LogP contribution in [-0.2, 0) is 0 Å². The van der Waals surface area contributed by atoms with E-state index in [4.69, 9.17) is 27.3 Å². The number of hydrogen-bond donors (Lipinski definition) is 2.